The first-order valence-electron chi connectivity index (χ1n) is 5.83. The van der Waals surface area contributed by atoms with Crippen LogP contribution in [0.1, 0.15) is 10.4 Å². The molecule has 1 aliphatic heterocycles. The average molecular weight is 262 g/mol. The van der Waals surface area contributed by atoms with Crippen LogP contribution >= 0.6 is 0 Å². The normalized spacial score (nSPS) is 18.7. The molecule has 0 aromatic heterocycles. The van der Waals surface area contributed by atoms with Crippen LogP contribution in [0.5, 0.6) is 11.5 Å². The van der Waals surface area contributed by atoms with Gasteiger partial charge in [-0.1, -0.05) is 0 Å². The first-order chi connectivity index (χ1) is 9.15. The Balaban J connectivity index is 2.17. The van der Waals surface area contributed by atoms with Gasteiger partial charge < -0.3 is 19.5 Å². The highest BCUT2D eigenvalue weighted by molar-refractivity contribution is 5.97. The van der Waals surface area contributed by atoms with Crippen molar-refractivity contribution in [3.8, 4) is 17.6 Å². The Bertz CT molecular complexity index is 524. The van der Waals surface area contributed by atoms with Crippen molar-refractivity contribution in [1.82, 2.24) is 4.90 Å². The molecule has 1 aliphatic rings. The smallest absolute Gasteiger partial charge is 0.257 e. The topological polar surface area (TPSA) is 82.8 Å². The molecule has 1 fully saturated rings. The van der Waals surface area contributed by atoms with E-state index >= 15 is 0 Å². The van der Waals surface area contributed by atoms with E-state index < -0.39 is 6.10 Å². The van der Waals surface area contributed by atoms with Crippen LogP contribution in [-0.2, 0) is 4.74 Å². The number of nitrogens with zero attached hydrogens (tertiary/aromatic N) is 2. The summed E-state index contributed by atoms with van der Waals surface area (Å²) >= 11 is 0. The van der Waals surface area contributed by atoms with Crippen molar-refractivity contribution in [3.05, 3.63) is 23.8 Å². The maximum absolute atomic E-state index is 12.2. The third-order valence-corrected chi connectivity index (χ3v) is 2.93. The summed E-state index contributed by atoms with van der Waals surface area (Å²) in [5.74, 6) is 0.0268. The summed E-state index contributed by atoms with van der Waals surface area (Å²) in [6.07, 6.45) is -0.613. The second kappa shape index (κ2) is 5.59. The number of methoxy groups -OCH3 is 1. The summed E-state index contributed by atoms with van der Waals surface area (Å²) in [7, 11) is 1.48. The maximum Gasteiger partial charge on any atom is 0.257 e. The number of hydrogen-bond acceptors (Lipinski definition) is 5. The molecule has 1 amide bonds. The van der Waals surface area contributed by atoms with Crippen LogP contribution in [0.3, 0.4) is 0 Å². The van der Waals surface area contributed by atoms with Crippen molar-refractivity contribution in [1.29, 1.82) is 5.26 Å². The van der Waals surface area contributed by atoms with Crippen molar-refractivity contribution < 1.29 is 19.4 Å². The Morgan fingerprint density at radius 2 is 2.42 bits per heavy atom. The molecule has 1 aromatic rings. The molecule has 1 saturated heterocycles. The van der Waals surface area contributed by atoms with Crippen LogP contribution in [0, 0.1) is 11.3 Å². The number of benzene rings is 1. The van der Waals surface area contributed by atoms with Crippen LogP contribution in [0.2, 0.25) is 0 Å². The molecule has 0 spiro atoms. The molecule has 0 bridgehead atoms. The van der Waals surface area contributed by atoms with E-state index in [9.17, 15) is 9.90 Å². The molecular formula is C13H14N2O4. The number of carbonyl (C=O) groups is 1. The predicted octanol–water partition coefficient (Wildman–Crippen LogP) is 0.765. The average Bonchev–Trinajstić information content (AvgIpc) is 2.46. The van der Waals surface area contributed by atoms with Gasteiger partial charge in [0.25, 0.3) is 5.91 Å². The van der Waals surface area contributed by atoms with Gasteiger partial charge in [0.1, 0.15) is 11.5 Å². The highest BCUT2D eigenvalue weighted by atomic mass is 16.5. The molecule has 2 rings (SSSR count). The summed E-state index contributed by atoms with van der Waals surface area (Å²) in [6, 6.07) is 6.47. The van der Waals surface area contributed by atoms with E-state index in [1.54, 1.807) is 6.07 Å². The van der Waals surface area contributed by atoms with E-state index in [0.717, 1.165) is 0 Å². The highest BCUT2D eigenvalue weighted by Crippen LogP contribution is 2.25. The number of hydrogen-bond donors (Lipinski definition) is 1. The molecule has 0 aliphatic carbocycles. The molecule has 1 N–H and O–H groups in total. The van der Waals surface area contributed by atoms with Crippen molar-refractivity contribution >= 4 is 5.91 Å². The SMILES string of the molecule is COc1ccc(C(=O)N2CCOC(C#N)C2)c(O)c1. The van der Waals surface area contributed by atoms with Gasteiger partial charge in [0, 0.05) is 12.6 Å². The first kappa shape index (κ1) is 13.2. The first-order valence-corrected chi connectivity index (χ1v) is 5.83. The maximum atomic E-state index is 12.2. The van der Waals surface area contributed by atoms with Gasteiger partial charge in [0.15, 0.2) is 6.10 Å². The largest absolute Gasteiger partial charge is 0.507 e. The molecule has 19 heavy (non-hydrogen) atoms. The van der Waals surface area contributed by atoms with Crippen LogP contribution in [0.4, 0.5) is 0 Å². The number of nitriles is 1. The second-order valence-electron chi connectivity index (χ2n) is 4.12. The van der Waals surface area contributed by atoms with E-state index in [2.05, 4.69) is 0 Å². The van der Waals surface area contributed by atoms with E-state index in [4.69, 9.17) is 14.7 Å². The molecule has 6 heteroatoms. The van der Waals surface area contributed by atoms with Gasteiger partial charge in [0.2, 0.25) is 0 Å². The molecule has 1 unspecified atom stereocenters. The Hall–Kier alpha value is -2.26. The van der Waals surface area contributed by atoms with E-state index in [0.29, 0.717) is 18.9 Å². The Labute approximate surface area is 110 Å². The van der Waals surface area contributed by atoms with E-state index in [1.807, 2.05) is 6.07 Å². The summed E-state index contributed by atoms with van der Waals surface area (Å²) < 4.78 is 10.1. The number of phenolic OH excluding ortho intramolecular Hbond substituents is 1. The molecule has 1 aromatic carbocycles. The van der Waals surface area contributed by atoms with E-state index in [1.165, 1.54) is 24.1 Å². The lowest BCUT2D eigenvalue weighted by Crippen LogP contribution is -2.45. The van der Waals surface area contributed by atoms with Gasteiger partial charge in [-0.05, 0) is 12.1 Å². The molecule has 100 valence electrons. The van der Waals surface area contributed by atoms with Crippen LogP contribution in [0.25, 0.3) is 0 Å². The quantitative estimate of drug-likeness (QED) is 0.851. The van der Waals surface area contributed by atoms with Crippen LogP contribution < -0.4 is 4.74 Å². The fourth-order valence-corrected chi connectivity index (χ4v) is 1.90. The Kier molecular flexibility index (Phi) is 3.88. The number of carbonyl (C=O) groups excluding carboxylic acids is 1. The van der Waals surface area contributed by atoms with Crippen LogP contribution in [0.15, 0.2) is 18.2 Å². The standard InChI is InChI=1S/C13H14N2O4/c1-18-9-2-3-11(12(16)6-9)13(17)15-4-5-19-10(7-14)8-15/h2-3,6,10,16H,4-5,8H2,1H3. The number of aromatic hydroxyl groups is 1. The predicted molar refractivity (Wildman–Crippen MR) is 65.9 cm³/mol. The summed E-state index contributed by atoms with van der Waals surface area (Å²) in [5.41, 5.74) is 0.194. The number of rotatable bonds is 2. The molecule has 0 saturated carbocycles. The summed E-state index contributed by atoms with van der Waals surface area (Å²) in [6.45, 7) is 0.935. The van der Waals surface area contributed by atoms with Crippen molar-refractivity contribution in [2.24, 2.45) is 0 Å². The zero-order chi connectivity index (χ0) is 13.8. The lowest BCUT2D eigenvalue weighted by atomic mass is 10.1. The lowest BCUT2D eigenvalue weighted by Gasteiger charge is -2.30. The fourth-order valence-electron chi connectivity index (χ4n) is 1.90. The fraction of sp³-hybridized carbons (Fsp3) is 0.385. The molecule has 1 heterocycles. The van der Waals surface area contributed by atoms with Gasteiger partial charge >= 0.3 is 0 Å². The Morgan fingerprint density at radius 1 is 1.63 bits per heavy atom. The monoisotopic (exact) mass is 262 g/mol. The summed E-state index contributed by atoms with van der Waals surface area (Å²) in [5, 5.41) is 18.6. The van der Waals surface area contributed by atoms with Gasteiger partial charge in [0.05, 0.1) is 31.9 Å². The number of phenols is 1. The minimum atomic E-state index is -0.613. The zero-order valence-electron chi connectivity index (χ0n) is 10.5. The second-order valence-corrected chi connectivity index (χ2v) is 4.12. The van der Waals surface area contributed by atoms with Crippen LogP contribution in [-0.4, -0.2) is 48.8 Å². The van der Waals surface area contributed by atoms with Gasteiger partial charge in [-0.15, -0.1) is 0 Å². The number of ether oxygens (including phenoxy) is 2. The molecule has 1 atom stereocenters. The molecular weight excluding hydrogens is 248 g/mol. The van der Waals surface area contributed by atoms with Gasteiger partial charge in [-0.3, -0.25) is 4.79 Å². The Morgan fingerprint density at radius 3 is 3.05 bits per heavy atom. The van der Waals surface area contributed by atoms with Gasteiger partial charge in [-0.25, -0.2) is 0 Å². The number of amides is 1. The molecule has 0 radical (unpaired) electrons. The number of morpholine rings is 1. The summed E-state index contributed by atoms with van der Waals surface area (Å²) in [4.78, 5) is 13.7. The minimum Gasteiger partial charge on any atom is -0.507 e. The third kappa shape index (κ3) is 2.77. The third-order valence-electron chi connectivity index (χ3n) is 2.93. The zero-order valence-corrected chi connectivity index (χ0v) is 10.5. The van der Waals surface area contributed by atoms with Crippen molar-refractivity contribution in [2.75, 3.05) is 26.8 Å². The van der Waals surface area contributed by atoms with E-state index in [-0.39, 0.29) is 23.8 Å². The van der Waals surface area contributed by atoms with Gasteiger partial charge in [-0.2, -0.15) is 5.26 Å². The molecule has 6 nitrogen and oxygen atoms in total. The highest BCUT2D eigenvalue weighted by Gasteiger charge is 2.26. The van der Waals surface area contributed by atoms with Crippen molar-refractivity contribution in [2.45, 2.75) is 6.10 Å². The minimum absolute atomic E-state index is 0.135. The van der Waals surface area contributed by atoms with Crippen molar-refractivity contribution in [3.63, 3.8) is 0 Å². The lowest BCUT2D eigenvalue weighted by molar-refractivity contribution is 0.00334.